The highest BCUT2D eigenvalue weighted by Gasteiger charge is 2.26. The van der Waals surface area contributed by atoms with Gasteiger partial charge in [-0.2, -0.15) is 4.31 Å². The number of amides is 1. The Bertz CT molecular complexity index is 933. The van der Waals surface area contributed by atoms with Crippen molar-refractivity contribution in [2.75, 3.05) is 45.9 Å². The van der Waals surface area contributed by atoms with Gasteiger partial charge in [0.25, 0.3) is 0 Å². The van der Waals surface area contributed by atoms with Gasteiger partial charge in [-0.05, 0) is 42.8 Å². The molecule has 1 heterocycles. The van der Waals surface area contributed by atoms with Crippen molar-refractivity contribution in [2.24, 2.45) is 0 Å². The second-order valence-electron chi connectivity index (χ2n) is 7.37. The highest BCUT2D eigenvalue weighted by atomic mass is 79.9. The third-order valence-electron chi connectivity index (χ3n) is 5.05. The van der Waals surface area contributed by atoms with Gasteiger partial charge in [0.1, 0.15) is 0 Å². The summed E-state index contributed by atoms with van der Waals surface area (Å²) < 4.78 is 33.9. The zero-order valence-corrected chi connectivity index (χ0v) is 19.8. The number of carbonyl (C=O) groups excluding carboxylic acids is 1. The molecule has 0 aliphatic carbocycles. The van der Waals surface area contributed by atoms with E-state index in [-0.39, 0.29) is 23.9 Å². The Morgan fingerprint density at radius 3 is 2.42 bits per heavy atom. The second kappa shape index (κ2) is 11.7. The molecule has 0 bridgehead atoms. The normalized spacial score (nSPS) is 15.2. The lowest BCUT2D eigenvalue weighted by Gasteiger charge is -2.26. The molecule has 9 heteroatoms. The predicted octanol–water partition coefficient (Wildman–Crippen LogP) is 2.48. The number of nitrogens with one attached hydrogen (secondary N) is 1. The van der Waals surface area contributed by atoms with Crippen molar-refractivity contribution in [3.63, 3.8) is 0 Å². The number of ether oxygens (including phenoxy) is 1. The van der Waals surface area contributed by atoms with E-state index >= 15 is 0 Å². The maximum atomic E-state index is 13.2. The smallest absolute Gasteiger partial charge is 0.243 e. The molecule has 0 unspecified atom stereocenters. The number of benzene rings is 2. The van der Waals surface area contributed by atoms with Crippen LogP contribution in [0.4, 0.5) is 0 Å². The second-order valence-corrected chi connectivity index (χ2v) is 10.2. The molecule has 1 aliphatic heterocycles. The summed E-state index contributed by atoms with van der Waals surface area (Å²) in [6.45, 7) is 4.58. The molecule has 0 atom stereocenters. The van der Waals surface area contributed by atoms with E-state index in [4.69, 9.17) is 4.74 Å². The maximum Gasteiger partial charge on any atom is 0.243 e. The Kier molecular flexibility index (Phi) is 9.03. The van der Waals surface area contributed by atoms with Crippen LogP contribution in [0.25, 0.3) is 0 Å². The maximum absolute atomic E-state index is 13.2. The van der Waals surface area contributed by atoms with Gasteiger partial charge < -0.3 is 10.1 Å². The molecule has 1 aliphatic rings. The van der Waals surface area contributed by atoms with Gasteiger partial charge in [-0.15, -0.1) is 0 Å². The van der Waals surface area contributed by atoms with Crippen LogP contribution in [0, 0.1) is 0 Å². The minimum absolute atomic E-state index is 0.117. The van der Waals surface area contributed by atoms with E-state index in [1.54, 1.807) is 30.3 Å². The van der Waals surface area contributed by atoms with Crippen molar-refractivity contribution in [3.05, 3.63) is 64.6 Å². The molecule has 1 fully saturated rings. The van der Waals surface area contributed by atoms with Crippen LogP contribution in [-0.4, -0.2) is 69.5 Å². The Morgan fingerprint density at radius 1 is 1.06 bits per heavy atom. The molecule has 168 valence electrons. The summed E-state index contributed by atoms with van der Waals surface area (Å²) in [5.41, 5.74) is 0.808. The van der Waals surface area contributed by atoms with Gasteiger partial charge in [0, 0.05) is 30.7 Å². The Hall–Kier alpha value is -1.78. The summed E-state index contributed by atoms with van der Waals surface area (Å²) in [6.07, 6.45) is 0.809. The lowest BCUT2D eigenvalue weighted by molar-refractivity contribution is -0.121. The number of hydrogen-bond donors (Lipinski definition) is 1. The molecule has 1 saturated heterocycles. The molecule has 1 N–H and O–H groups in total. The average molecular weight is 510 g/mol. The highest BCUT2D eigenvalue weighted by Crippen LogP contribution is 2.19. The van der Waals surface area contributed by atoms with Crippen molar-refractivity contribution in [3.8, 4) is 0 Å². The van der Waals surface area contributed by atoms with Crippen LogP contribution < -0.4 is 5.32 Å². The molecule has 0 saturated carbocycles. The number of halogens is 1. The van der Waals surface area contributed by atoms with E-state index in [9.17, 15) is 13.2 Å². The molecular weight excluding hydrogens is 482 g/mol. The average Bonchev–Trinajstić information content (AvgIpc) is 2.79. The van der Waals surface area contributed by atoms with Gasteiger partial charge in [0.15, 0.2) is 0 Å². The fraction of sp³-hybridized carbons (Fsp3) is 0.409. The number of rotatable bonds is 10. The van der Waals surface area contributed by atoms with E-state index in [1.807, 2.05) is 24.3 Å². The summed E-state index contributed by atoms with van der Waals surface area (Å²) in [4.78, 5) is 15.0. The first-order valence-electron chi connectivity index (χ1n) is 10.3. The Labute approximate surface area is 192 Å². The van der Waals surface area contributed by atoms with Crippen LogP contribution >= 0.6 is 15.9 Å². The number of sulfonamides is 1. The summed E-state index contributed by atoms with van der Waals surface area (Å²) in [5, 5.41) is 2.86. The number of nitrogens with zero attached hydrogens (tertiary/aromatic N) is 2. The van der Waals surface area contributed by atoms with E-state index in [0.29, 0.717) is 6.54 Å². The fourth-order valence-electron chi connectivity index (χ4n) is 3.33. The molecule has 31 heavy (non-hydrogen) atoms. The molecule has 1 amide bonds. The van der Waals surface area contributed by atoms with Gasteiger partial charge in [-0.25, -0.2) is 8.42 Å². The SMILES string of the molecule is O=C(CN(Cc1ccc(Br)cc1)S(=O)(=O)c1ccccc1)NCCCN1CCOCC1. The number of carbonyl (C=O) groups is 1. The molecule has 0 radical (unpaired) electrons. The van der Waals surface area contributed by atoms with Crippen molar-refractivity contribution in [2.45, 2.75) is 17.9 Å². The largest absolute Gasteiger partial charge is 0.379 e. The van der Waals surface area contributed by atoms with E-state index in [2.05, 4.69) is 26.1 Å². The van der Waals surface area contributed by atoms with Crippen LogP contribution in [0.1, 0.15) is 12.0 Å². The van der Waals surface area contributed by atoms with E-state index in [0.717, 1.165) is 49.3 Å². The zero-order valence-electron chi connectivity index (χ0n) is 17.4. The minimum atomic E-state index is -3.81. The Morgan fingerprint density at radius 2 is 1.74 bits per heavy atom. The van der Waals surface area contributed by atoms with Crippen LogP contribution in [0.3, 0.4) is 0 Å². The highest BCUT2D eigenvalue weighted by molar-refractivity contribution is 9.10. The summed E-state index contributed by atoms with van der Waals surface area (Å²) in [7, 11) is -3.81. The third-order valence-corrected chi connectivity index (χ3v) is 7.38. The van der Waals surface area contributed by atoms with Crippen LogP contribution in [0.2, 0.25) is 0 Å². The molecule has 2 aromatic carbocycles. The van der Waals surface area contributed by atoms with Crippen LogP contribution in [0.5, 0.6) is 0 Å². The first-order valence-corrected chi connectivity index (χ1v) is 12.5. The number of morpholine rings is 1. The van der Waals surface area contributed by atoms with Gasteiger partial charge >= 0.3 is 0 Å². The van der Waals surface area contributed by atoms with Crippen molar-refractivity contribution in [1.29, 1.82) is 0 Å². The predicted molar refractivity (Wildman–Crippen MR) is 123 cm³/mol. The standard InChI is InChI=1S/C22H28BrN3O4S/c23-20-9-7-19(8-10-20)17-26(31(28,29)21-5-2-1-3-6-21)18-22(27)24-11-4-12-25-13-15-30-16-14-25/h1-3,5-10H,4,11-18H2,(H,24,27). The fourth-order valence-corrected chi connectivity index (χ4v) is 5.00. The first kappa shape index (κ1) is 23.9. The summed E-state index contributed by atoms with van der Waals surface area (Å²) in [5.74, 6) is -0.307. The first-order chi connectivity index (χ1) is 14.9. The molecule has 0 aromatic heterocycles. The van der Waals surface area contributed by atoms with E-state index < -0.39 is 10.0 Å². The van der Waals surface area contributed by atoms with Crippen LogP contribution in [0.15, 0.2) is 64.0 Å². The lowest BCUT2D eigenvalue weighted by atomic mass is 10.2. The minimum Gasteiger partial charge on any atom is -0.379 e. The lowest BCUT2D eigenvalue weighted by Crippen LogP contribution is -2.41. The van der Waals surface area contributed by atoms with Gasteiger partial charge in [-0.1, -0.05) is 46.3 Å². The van der Waals surface area contributed by atoms with Crippen molar-refractivity contribution in [1.82, 2.24) is 14.5 Å². The van der Waals surface area contributed by atoms with Gasteiger partial charge in [0.2, 0.25) is 15.9 Å². The summed E-state index contributed by atoms with van der Waals surface area (Å²) in [6, 6.07) is 15.6. The van der Waals surface area contributed by atoms with Gasteiger partial charge in [0.05, 0.1) is 24.7 Å². The van der Waals surface area contributed by atoms with E-state index in [1.165, 1.54) is 4.31 Å². The molecular formula is C22H28BrN3O4S. The molecule has 3 rings (SSSR count). The summed E-state index contributed by atoms with van der Waals surface area (Å²) >= 11 is 3.39. The van der Waals surface area contributed by atoms with Crippen molar-refractivity contribution < 1.29 is 17.9 Å². The molecule has 2 aromatic rings. The third kappa shape index (κ3) is 7.40. The number of hydrogen-bond acceptors (Lipinski definition) is 5. The zero-order chi connectivity index (χ0) is 22.1. The van der Waals surface area contributed by atoms with Crippen molar-refractivity contribution >= 4 is 31.9 Å². The molecule has 0 spiro atoms. The Balaban J connectivity index is 1.61. The van der Waals surface area contributed by atoms with Crippen LogP contribution in [-0.2, 0) is 26.1 Å². The quantitative estimate of drug-likeness (QED) is 0.497. The van der Waals surface area contributed by atoms with Gasteiger partial charge in [-0.3, -0.25) is 9.69 Å². The molecule has 7 nitrogen and oxygen atoms in total. The topological polar surface area (TPSA) is 79.0 Å². The monoisotopic (exact) mass is 509 g/mol.